The molecule has 2 rings (SSSR count). The Balaban J connectivity index is 2.03. The van der Waals surface area contributed by atoms with E-state index in [1.165, 1.54) is 10.9 Å². The summed E-state index contributed by atoms with van der Waals surface area (Å²) in [6.07, 6.45) is 0.994. The van der Waals surface area contributed by atoms with Crippen LogP contribution in [-0.4, -0.2) is 16.1 Å². The highest BCUT2D eigenvalue weighted by Gasteiger charge is 2.13. The summed E-state index contributed by atoms with van der Waals surface area (Å²) in [6, 6.07) is 5.46. The number of aryl methyl sites for hydroxylation is 1. The molecule has 0 aliphatic heterocycles. The third-order valence-corrected chi connectivity index (χ3v) is 4.15. The van der Waals surface area contributed by atoms with E-state index in [2.05, 4.69) is 28.5 Å². The van der Waals surface area contributed by atoms with Gasteiger partial charge in [0.05, 0.1) is 12.1 Å². The molecule has 4 nitrogen and oxygen atoms in total. The first-order valence-electron chi connectivity index (χ1n) is 5.64. The zero-order valence-corrected chi connectivity index (χ0v) is 12.4. The third kappa shape index (κ3) is 3.65. The number of hydrogen-bond acceptors (Lipinski definition) is 4. The first-order valence-corrected chi connectivity index (χ1v) is 7.22. The molecule has 1 N–H and O–H groups in total. The van der Waals surface area contributed by atoms with Crippen LogP contribution >= 0.6 is 34.5 Å². The molecule has 0 aliphatic rings. The SMILES string of the molecule is CCc1ccc(CNC(=O)c2cc(Cl)nnc2Cl)s1. The second-order valence-corrected chi connectivity index (χ2v) is 5.77. The van der Waals surface area contributed by atoms with Crippen LogP contribution in [0.15, 0.2) is 18.2 Å². The second kappa shape index (κ2) is 6.32. The third-order valence-electron chi connectivity index (χ3n) is 2.45. The summed E-state index contributed by atoms with van der Waals surface area (Å²) >= 11 is 13.2. The fourth-order valence-electron chi connectivity index (χ4n) is 1.48. The molecule has 0 aromatic carbocycles. The molecule has 100 valence electrons. The van der Waals surface area contributed by atoms with Gasteiger partial charge in [-0.15, -0.1) is 21.5 Å². The van der Waals surface area contributed by atoms with Gasteiger partial charge in [-0.2, -0.15) is 0 Å². The van der Waals surface area contributed by atoms with Gasteiger partial charge in [-0.25, -0.2) is 0 Å². The van der Waals surface area contributed by atoms with E-state index in [1.807, 2.05) is 6.07 Å². The van der Waals surface area contributed by atoms with Crippen LogP contribution in [0.4, 0.5) is 0 Å². The van der Waals surface area contributed by atoms with Gasteiger partial charge in [-0.1, -0.05) is 30.1 Å². The molecule has 0 radical (unpaired) electrons. The van der Waals surface area contributed by atoms with Gasteiger partial charge in [0, 0.05) is 9.75 Å². The first-order chi connectivity index (χ1) is 9.10. The summed E-state index contributed by atoms with van der Waals surface area (Å²) in [5, 5.41) is 10.1. The van der Waals surface area contributed by atoms with Crippen LogP contribution in [0.1, 0.15) is 27.0 Å². The van der Waals surface area contributed by atoms with E-state index >= 15 is 0 Å². The van der Waals surface area contributed by atoms with Crippen LogP contribution in [0.3, 0.4) is 0 Å². The summed E-state index contributed by atoms with van der Waals surface area (Å²) in [7, 11) is 0. The standard InChI is InChI=1S/C12H11Cl2N3OS/c1-2-7-3-4-8(19-7)6-15-12(18)9-5-10(13)16-17-11(9)14/h3-5H,2,6H2,1H3,(H,15,18). The van der Waals surface area contributed by atoms with Gasteiger partial charge in [-0.05, 0) is 24.6 Å². The highest BCUT2D eigenvalue weighted by atomic mass is 35.5. The molecule has 2 heterocycles. The number of nitrogens with one attached hydrogen (secondary N) is 1. The number of rotatable bonds is 4. The molecule has 0 bridgehead atoms. The van der Waals surface area contributed by atoms with E-state index in [4.69, 9.17) is 23.2 Å². The summed E-state index contributed by atoms with van der Waals surface area (Å²) < 4.78 is 0. The molecule has 2 aromatic heterocycles. The number of halogens is 2. The van der Waals surface area contributed by atoms with Gasteiger partial charge < -0.3 is 5.32 Å². The number of aromatic nitrogens is 2. The van der Waals surface area contributed by atoms with Crippen molar-refractivity contribution in [2.45, 2.75) is 19.9 Å². The normalized spacial score (nSPS) is 10.5. The Morgan fingerprint density at radius 1 is 1.32 bits per heavy atom. The van der Waals surface area contributed by atoms with Crippen LogP contribution < -0.4 is 5.32 Å². The van der Waals surface area contributed by atoms with Crippen LogP contribution in [0.5, 0.6) is 0 Å². The highest BCUT2D eigenvalue weighted by molar-refractivity contribution is 7.11. The smallest absolute Gasteiger partial charge is 0.254 e. The van der Waals surface area contributed by atoms with Crippen LogP contribution in [-0.2, 0) is 13.0 Å². The molecule has 0 atom stereocenters. The Morgan fingerprint density at radius 2 is 2.05 bits per heavy atom. The quantitative estimate of drug-likeness (QED) is 0.941. The van der Waals surface area contributed by atoms with E-state index < -0.39 is 0 Å². The van der Waals surface area contributed by atoms with Crippen molar-refractivity contribution >= 4 is 40.4 Å². The van der Waals surface area contributed by atoms with Crippen molar-refractivity contribution in [2.75, 3.05) is 0 Å². The van der Waals surface area contributed by atoms with E-state index in [0.29, 0.717) is 6.54 Å². The van der Waals surface area contributed by atoms with E-state index in [-0.39, 0.29) is 21.8 Å². The molecule has 0 saturated heterocycles. The van der Waals surface area contributed by atoms with E-state index in [9.17, 15) is 4.79 Å². The Hall–Kier alpha value is -1.17. The minimum absolute atomic E-state index is 0.0438. The molecular formula is C12H11Cl2N3OS. The monoisotopic (exact) mass is 315 g/mol. The molecule has 0 saturated carbocycles. The number of thiophene rings is 1. The van der Waals surface area contributed by atoms with Gasteiger partial charge in [0.15, 0.2) is 10.3 Å². The molecule has 0 aliphatic carbocycles. The minimum Gasteiger partial charge on any atom is -0.347 e. The summed E-state index contributed by atoms with van der Waals surface area (Å²) in [5.41, 5.74) is 0.230. The average Bonchev–Trinajstić information content (AvgIpc) is 2.87. The summed E-state index contributed by atoms with van der Waals surface area (Å²) in [6.45, 7) is 2.55. The fraction of sp³-hybridized carbons (Fsp3) is 0.250. The number of hydrogen-bond donors (Lipinski definition) is 1. The van der Waals surface area contributed by atoms with Crippen molar-refractivity contribution in [1.82, 2.24) is 15.5 Å². The predicted octanol–water partition coefficient (Wildman–Crippen LogP) is 3.34. The lowest BCUT2D eigenvalue weighted by Crippen LogP contribution is -2.23. The van der Waals surface area contributed by atoms with Gasteiger partial charge in [0.25, 0.3) is 5.91 Å². The lowest BCUT2D eigenvalue weighted by Gasteiger charge is -2.04. The number of carbonyl (C=O) groups is 1. The summed E-state index contributed by atoms with van der Waals surface area (Å²) in [4.78, 5) is 14.3. The molecule has 0 spiro atoms. The minimum atomic E-state index is -0.312. The number of carbonyl (C=O) groups excluding carboxylic acids is 1. The van der Waals surface area contributed by atoms with Crippen molar-refractivity contribution in [2.24, 2.45) is 0 Å². The Morgan fingerprint density at radius 3 is 2.74 bits per heavy atom. The van der Waals surface area contributed by atoms with Crippen molar-refractivity contribution in [3.8, 4) is 0 Å². The lowest BCUT2D eigenvalue weighted by atomic mass is 10.3. The first kappa shape index (κ1) is 14.2. The molecule has 0 fully saturated rings. The Labute approximate surface area is 124 Å². The van der Waals surface area contributed by atoms with E-state index in [1.54, 1.807) is 11.3 Å². The van der Waals surface area contributed by atoms with Crippen molar-refractivity contribution < 1.29 is 4.79 Å². The van der Waals surface area contributed by atoms with Crippen molar-refractivity contribution in [3.63, 3.8) is 0 Å². The zero-order chi connectivity index (χ0) is 13.8. The number of amides is 1. The van der Waals surface area contributed by atoms with Gasteiger partial charge in [-0.3, -0.25) is 4.79 Å². The topological polar surface area (TPSA) is 54.9 Å². The van der Waals surface area contributed by atoms with Crippen molar-refractivity contribution in [1.29, 1.82) is 0 Å². The largest absolute Gasteiger partial charge is 0.347 e. The predicted molar refractivity (Wildman–Crippen MR) is 76.9 cm³/mol. The molecule has 7 heteroatoms. The van der Waals surface area contributed by atoms with Crippen LogP contribution in [0.2, 0.25) is 10.3 Å². The Kier molecular flexibility index (Phi) is 4.74. The molecule has 19 heavy (non-hydrogen) atoms. The van der Waals surface area contributed by atoms with Crippen LogP contribution in [0, 0.1) is 0 Å². The fourth-order valence-corrected chi connectivity index (χ4v) is 2.70. The maximum atomic E-state index is 12.0. The molecule has 2 aromatic rings. The number of nitrogens with zero attached hydrogens (tertiary/aromatic N) is 2. The van der Waals surface area contributed by atoms with Gasteiger partial charge >= 0.3 is 0 Å². The van der Waals surface area contributed by atoms with Crippen molar-refractivity contribution in [3.05, 3.63) is 43.8 Å². The zero-order valence-electron chi connectivity index (χ0n) is 10.1. The van der Waals surface area contributed by atoms with Crippen LogP contribution in [0.25, 0.3) is 0 Å². The highest BCUT2D eigenvalue weighted by Crippen LogP contribution is 2.18. The van der Waals surface area contributed by atoms with Gasteiger partial charge in [0.1, 0.15) is 0 Å². The maximum Gasteiger partial charge on any atom is 0.254 e. The second-order valence-electron chi connectivity index (χ2n) is 3.78. The average molecular weight is 316 g/mol. The molecular weight excluding hydrogens is 305 g/mol. The van der Waals surface area contributed by atoms with E-state index in [0.717, 1.165) is 11.3 Å². The lowest BCUT2D eigenvalue weighted by molar-refractivity contribution is 0.0951. The Bertz CT molecular complexity index is 600. The molecule has 1 amide bonds. The van der Waals surface area contributed by atoms with Gasteiger partial charge in [0.2, 0.25) is 0 Å². The summed E-state index contributed by atoms with van der Waals surface area (Å²) in [5.74, 6) is -0.312. The molecule has 0 unspecified atom stereocenters. The maximum absolute atomic E-state index is 12.0.